The molecule has 156 valence electrons. The van der Waals surface area contributed by atoms with Crippen LogP contribution in [0.15, 0.2) is 71.6 Å². The van der Waals surface area contributed by atoms with Crippen molar-refractivity contribution in [2.75, 3.05) is 49.2 Å². The van der Waals surface area contributed by atoms with E-state index in [9.17, 15) is 13.2 Å². The van der Waals surface area contributed by atoms with Gasteiger partial charge in [0, 0.05) is 26.2 Å². The smallest absolute Gasteiger partial charge is 0.240 e. The standard InChI is InChI=1S/C23H25N3O3S/c1-25-12-14-26(15-13-25)22-9-5-4-8-21(22)24-23(27)17-30(28,29)20-11-10-18-6-2-3-7-19(18)16-20/h2-11,16H,12-15,17H2,1H3,(H,24,27). The lowest BCUT2D eigenvalue weighted by molar-refractivity contribution is -0.113. The molecule has 0 atom stereocenters. The summed E-state index contributed by atoms with van der Waals surface area (Å²) in [6, 6.07) is 20.0. The number of nitrogens with zero attached hydrogens (tertiary/aromatic N) is 2. The van der Waals surface area contributed by atoms with Gasteiger partial charge in [-0.15, -0.1) is 0 Å². The van der Waals surface area contributed by atoms with Crippen molar-refractivity contribution < 1.29 is 13.2 Å². The summed E-state index contributed by atoms with van der Waals surface area (Å²) in [5.41, 5.74) is 1.56. The summed E-state index contributed by atoms with van der Waals surface area (Å²) in [6.07, 6.45) is 0. The number of sulfone groups is 1. The van der Waals surface area contributed by atoms with Crippen LogP contribution in [0.3, 0.4) is 0 Å². The van der Waals surface area contributed by atoms with Crippen LogP contribution in [0.25, 0.3) is 10.8 Å². The highest BCUT2D eigenvalue weighted by Gasteiger charge is 2.22. The molecular weight excluding hydrogens is 398 g/mol. The van der Waals surface area contributed by atoms with Gasteiger partial charge in [0.2, 0.25) is 5.91 Å². The molecule has 7 heteroatoms. The minimum Gasteiger partial charge on any atom is -0.367 e. The van der Waals surface area contributed by atoms with Crippen LogP contribution in [0, 0.1) is 0 Å². The van der Waals surface area contributed by atoms with E-state index in [4.69, 9.17) is 0 Å². The number of carbonyl (C=O) groups excluding carboxylic acids is 1. The van der Waals surface area contributed by atoms with Gasteiger partial charge in [0.25, 0.3) is 0 Å². The van der Waals surface area contributed by atoms with Gasteiger partial charge in [-0.05, 0) is 42.1 Å². The first-order valence-electron chi connectivity index (χ1n) is 9.96. The van der Waals surface area contributed by atoms with E-state index in [0.717, 1.165) is 42.6 Å². The van der Waals surface area contributed by atoms with Gasteiger partial charge in [-0.2, -0.15) is 0 Å². The van der Waals surface area contributed by atoms with Gasteiger partial charge in [-0.1, -0.05) is 42.5 Å². The number of piperazine rings is 1. The number of hydrogen-bond donors (Lipinski definition) is 1. The maximum absolute atomic E-state index is 12.8. The molecule has 1 fully saturated rings. The summed E-state index contributed by atoms with van der Waals surface area (Å²) in [5, 5.41) is 4.60. The average Bonchev–Trinajstić information content (AvgIpc) is 2.74. The van der Waals surface area contributed by atoms with Gasteiger partial charge >= 0.3 is 0 Å². The number of rotatable bonds is 5. The van der Waals surface area contributed by atoms with Crippen LogP contribution in [0.5, 0.6) is 0 Å². The molecule has 6 nitrogen and oxygen atoms in total. The fraction of sp³-hybridized carbons (Fsp3) is 0.261. The highest BCUT2D eigenvalue weighted by molar-refractivity contribution is 7.92. The van der Waals surface area contributed by atoms with Gasteiger partial charge in [0.15, 0.2) is 9.84 Å². The zero-order valence-electron chi connectivity index (χ0n) is 16.9. The van der Waals surface area contributed by atoms with Crippen molar-refractivity contribution in [3.8, 4) is 0 Å². The molecule has 0 spiro atoms. The second-order valence-electron chi connectivity index (χ2n) is 7.62. The van der Waals surface area contributed by atoms with Gasteiger partial charge < -0.3 is 15.1 Å². The SMILES string of the molecule is CN1CCN(c2ccccc2NC(=O)CS(=O)(=O)c2ccc3ccccc3c2)CC1. The molecule has 1 aliphatic rings. The summed E-state index contributed by atoms with van der Waals surface area (Å²) in [5.74, 6) is -1.13. The minimum atomic E-state index is -3.75. The summed E-state index contributed by atoms with van der Waals surface area (Å²) >= 11 is 0. The van der Waals surface area contributed by atoms with Crippen molar-refractivity contribution in [3.63, 3.8) is 0 Å². The van der Waals surface area contributed by atoms with Crippen LogP contribution in [-0.2, 0) is 14.6 Å². The van der Waals surface area contributed by atoms with E-state index in [1.54, 1.807) is 18.2 Å². The van der Waals surface area contributed by atoms with E-state index in [-0.39, 0.29) is 4.90 Å². The number of para-hydroxylation sites is 2. The average molecular weight is 424 g/mol. The van der Waals surface area contributed by atoms with Crippen molar-refractivity contribution in [1.29, 1.82) is 0 Å². The summed E-state index contributed by atoms with van der Waals surface area (Å²) < 4.78 is 25.6. The van der Waals surface area contributed by atoms with Gasteiger partial charge in [-0.25, -0.2) is 8.42 Å². The molecule has 4 rings (SSSR count). The molecule has 1 amide bonds. The molecule has 0 radical (unpaired) electrons. The Hall–Kier alpha value is -2.90. The predicted molar refractivity (Wildman–Crippen MR) is 121 cm³/mol. The Morgan fingerprint density at radius 2 is 1.57 bits per heavy atom. The second-order valence-corrected chi connectivity index (χ2v) is 9.61. The molecule has 0 aliphatic carbocycles. The number of fused-ring (bicyclic) bond motifs is 1. The quantitative estimate of drug-likeness (QED) is 0.683. The van der Waals surface area contributed by atoms with Crippen LogP contribution in [-0.4, -0.2) is 58.2 Å². The summed E-state index contributed by atoms with van der Waals surface area (Å²) in [7, 11) is -1.66. The maximum atomic E-state index is 12.8. The molecular formula is C23H25N3O3S. The van der Waals surface area contributed by atoms with E-state index in [2.05, 4.69) is 22.2 Å². The molecule has 0 bridgehead atoms. The lowest BCUT2D eigenvalue weighted by atomic mass is 10.1. The number of benzene rings is 3. The Balaban J connectivity index is 1.50. The molecule has 3 aromatic rings. The topological polar surface area (TPSA) is 69.7 Å². The largest absolute Gasteiger partial charge is 0.367 e. The molecule has 1 saturated heterocycles. The zero-order valence-corrected chi connectivity index (χ0v) is 17.7. The summed E-state index contributed by atoms with van der Waals surface area (Å²) in [6.45, 7) is 3.61. The molecule has 3 aromatic carbocycles. The second kappa shape index (κ2) is 8.45. The highest BCUT2D eigenvalue weighted by atomic mass is 32.2. The number of anilines is 2. The first kappa shape index (κ1) is 20.4. The Bertz CT molecular complexity index is 1170. The van der Waals surface area contributed by atoms with Crippen molar-refractivity contribution in [2.45, 2.75) is 4.90 Å². The first-order chi connectivity index (χ1) is 14.4. The number of carbonyl (C=O) groups is 1. The Morgan fingerprint density at radius 3 is 2.33 bits per heavy atom. The Labute approximate surface area is 177 Å². The normalized spacial score (nSPS) is 15.3. The molecule has 1 aliphatic heterocycles. The predicted octanol–water partition coefficient (Wildman–Crippen LogP) is 3.00. The molecule has 0 saturated carbocycles. The Morgan fingerprint density at radius 1 is 0.900 bits per heavy atom. The third-order valence-electron chi connectivity index (χ3n) is 5.42. The van der Waals surface area contributed by atoms with Crippen LogP contribution >= 0.6 is 0 Å². The molecule has 30 heavy (non-hydrogen) atoms. The van der Waals surface area contributed by atoms with Crippen molar-refractivity contribution in [1.82, 2.24) is 4.90 Å². The van der Waals surface area contributed by atoms with Gasteiger partial charge in [0.05, 0.1) is 16.3 Å². The van der Waals surface area contributed by atoms with E-state index < -0.39 is 21.5 Å². The van der Waals surface area contributed by atoms with Crippen molar-refractivity contribution in [3.05, 3.63) is 66.7 Å². The number of likely N-dealkylation sites (N-methyl/N-ethyl adjacent to an activating group) is 1. The Kier molecular flexibility index (Phi) is 5.74. The van der Waals surface area contributed by atoms with E-state index in [1.165, 1.54) is 0 Å². The minimum absolute atomic E-state index is 0.156. The van der Waals surface area contributed by atoms with Crippen molar-refractivity contribution in [2.24, 2.45) is 0 Å². The monoisotopic (exact) mass is 423 g/mol. The van der Waals surface area contributed by atoms with E-state index in [0.29, 0.717) is 5.69 Å². The van der Waals surface area contributed by atoms with Gasteiger partial charge in [0.1, 0.15) is 5.75 Å². The maximum Gasteiger partial charge on any atom is 0.240 e. The molecule has 0 aromatic heterocycles. The highest BCUT2D eigenvalue weighted by Crippen LogP contribution is 2.27. The lowest BCUT2D eigenvalue weighted by Gasteiger charge is -2.35. The molecule has 1 N–H and O–H groups in total. The lowest BCUT2D eigenvalue weighted by Crippen LogP contribution is -2.44. The van der Waals surface area contributed by atoms with Crippen LogP contribution < -0.4 is 10.2 Å². The van der Waals surface area contributed by atoms with E-state index >= 15 is 0 Å². The number of amides is 1. The summed E-state index contributed by atoms with van der Waals surface area (Å²) in [4.78, 5) is 17.3. The number of hydrogen-bond acceptors (Lipinski definition) is 5. The van der Waals surface area contributed by atoms with Crippen LogP contribution in [0.4, 0.5) is 11.4 Å². The third-order valence-corrected chi connectivity index (χ3v) is 7.04. The van der Waals surface area contributed by atoms with Crippen LogP contribution in [0.1, 0.15) is 0 Å². The van der Waals surface area contributed by atoms with Crippen LogP contribution in [0.2, 0.25) is 0 Å². The van der Waals surface area contributed by atoms with Gasteiger partial charge in [-0.3, -0.25) is 4.79 Å². The van der Waals surface area contributed by atoms with E-state index in [1.807, 2.05) is 48.5 Å². The first-order valence-corrected chi connectivity index (χ1v) is 11.6. The zero-order chi connectivity index (χ0) is 21.1. The fourth-order valence-electron chi connectivity index (χ4n) is 3.71. The fourth-order valence-corrected chi connectivity index (χ4v) is 4.87. The molecule has 1 heterocycles. The molecule has 0 unspecified atom stereocenters. The third kappa shape index (κ3) is 4.47. The number of nitrogens with one attached hydrogen (secondary N) is 1. The van der Waals surface area contributed by atoms with Crippen molar-refractivity contribution >= 4 is 37.9 Å².